The smallest absolute Gasteiger partial charge is 0.386 e. The Labute approximate surface area is 257 Å². The van der Waals surface area contributed by atoms with Crippen molar-refractivity contribution in [2.24, 2.45) is 12.4 Å². The number of amides is 1. The van der Waals surface area contributed by atoms with Crippen molar-refractivity contribution in [2.75, 3.05) is 12.3 Å². The first kappa shape index (κ1) is 22.7. The van der Waals surface area contributed by atoms with Gasteiger partial charge in [-0.2, -0.15) is 13.2 Å². The van der Waals surface area contributed by atoms with Gasteiger partial charge in [0.15, 0.2) is 0 Å². The van der Waals surface area contributed by atoms with Gasteiger partial charge in [0.05, 0.1) is 29.0 Å². The summed E-state index contributed by atoms with van der Waals surface area (Å²) in [7, 11) is 0. The number of nitrogens with one attached hydrogen (secondary N) is 2. The summed E-state index contributed by atoms with van der Waals surface area (Å²) in [6.45, 7) is -2.52. The number of imidazole rings is 1. The molecule has 3 aliphatic rings. The number of aliphatic hydroxyl groups is 1. The standard InChI is InChI=1S/C29H32F3N7O3S/c1-26(2,42)16-11-17(23-35-15-20(43-23)29(30,31)32)36-22(12-16)37-21-13-18-19(14-34-21)38(4)25(41)39(18)28-8-5-27(6-9-28,7-10-28)24(40)33-3/h11-15,42H,5-10H2,1-4H3,(H,33,40)(H,34,36,37)/i3D3,4D3. The van der Waals surface area contributed by atoms with Crippen LogP contribution in [0.15, 0.2) is 35.4 Å². The van der Waals surface area contributed by atoms with E-state index in [2.05, 4.69) is 25.6 Å². The number of fused-ring (bicyclic) bond motifs is 4. The zero-order chi connectivity index (χ0) is 35.9. The number of nitrogens with zero attached hydrogens (tertiary/aromatic N) is 5. The quantitative estimate of drug-likeness (QED) is 0.275. The van der Waals surface area contributed by atoms with Crippen LogP contribution in [0.25, 0.3) is 21.7 Å². The molecule has 0 atom stereocenters. The number of pyridine rings is 2. The molecule has 0 unspecified atom stereocenters. The number of aromatic nitrogens is 5. The summed E-state index contributed by atoms with van der Waals surface area (Å²) in [4.78, 5) is 38.7. The fraction of sp³-hybridized carbons (Fsp3) is 0.483. The zero-order valence-corrected chi connectivity index (χ0v) is 24.0. The van der Waals surface area contributed by atoms with Crippen molar-refractivity contribution in [1.82, 2.24) is 29.4 Å². The van der Waals surface area contributed by atoms with E-state index < -0.39 is 53.2 Å². The summed E-state index contributed by atoms with van der Waals surface area (Å²) in [5.41, 5.74) is -3.34. The fourth-order valence-electron chi connectivity index (χ4n) is 6.31. The van der Waals surface area contributed by atoms with Crippen molar-refractivity contribution in [3.63, 3.8) is 0 Å². The third kappa shape index (κ3) is 4.89. The first-order chi connectivity index (χ1) is 22.5. The van der Waals surface area contributed by atoms with Gasteiger partial charge in [-0.05, 0) is 70.1 Å². The third-order valence-electron chi connectivity index (χ3n) is 8.79. The average molecular weight is 622 g/mol. The molecule has 228 valence electrons. The van der Waals surface area contributed by atoms with Crippen molar-refractivity contribution >= 4 is 39.9 Å². The number of hydrogen-bond acceptors (Lipinski definition) is 8. The van der Waals surface area contributed by atoms with Crippen LogP contribution in [0.3, 0.4) is 0 Å². The van der Waals surface area contributed by atoms with E-state index in [1.807, 2.05) is 0 Å². The van der Waals surface area contributed by atoms with E-state index in [9.17, 15) is 27.9 Å². The van der Waals surface area contributed by atoms with E-state index in [0.717, 1.165) is 0 Å². The Balaban J connectivity index is 1.41. The second-order valence-electron chi connectivity index (χ2n) is 11.8. The molecule has 14 heteroatoms. The van der Waals surface area contributed by atoms with Crippen molar-refractivity contribution < 1.29 is 31.3 Å². The molecule has 3 N–H and O–H groups in total. The van der Waals surface area contributed by atoms with Crippen LogP contribution in [-0.4, -0.2) is 42.1 Å². The molecule has 3 fully saturated rings. The lowest BCUT2D eigenvalue weighted by molar-refractivity contribution is -0.139. The number of hydrogen-bond donors (Lipinski definition) is 3. The lowest BCUT2D eigenvalue weighted by atomic mass is 9.56. The number of carbonyl (C=O) groups excluding carboxylic acids is 1. The molecule has 0 spiro atoms. The van der Waals surface area contributed by atoms with Crippen LogP contribution in [0.5, 0.6) is 0 Å². The number of anilines is 2. The van der Waals surface area contributed by atoms with Crippen molar-refractivity contribution in [3.05, 3.63) is 51.5 Å². The van der Waals surface area contributed by atoms with Gasteiger partial charge in [0.25, 0.3) is 0 Å². The van der Waals surface area contributed by atoms with Gasteiger partial charge >= 0.3 is 11.9 Å². The molecule has 0 aliphatic heterocycles. The van der Waals surface area contributed by atoms with Gasteiger partial charge in [0, 0.05) is 39.2 Å². The maximum Gasteiger partial charge on any atom is 0.427 e. The maximum absolute atomic E-state index is 14.0. The highest BCUT2D eigenvalue weighted by Gasteiger charge is 2.53. The van der Waals surface area contributed by atoms with Crippen LogP contribution in [-0.2, 0) is 29.1 Å². The predicted molar refractivity (Wildman–Crippen MR) is 156 cm³/mol. The molecule has 3 aliphatic carbocycles. The molecule has 7 rings (SSSR count). The molecular weight excluding hydrogens is 583 g/mol. The first-order valence-corrected chi connectivity index (χ1v) is 14.4. The lowest BCUT2D eigenvalue weighted by Crippen LogP contribution is -2.55. The Kier molecular flexibility index (Phi) is 5.22. The monoisotopic (exact) mass is 621 g/mol. The van der Waals surface area contributed by atoms with Gasteiger partial charge in [0.2, 0.25) is 5.91 Å². The van der Waals surface area contributed by atoms with Crippen molar-refractivity contribution in [2.45, 2.75) is 69.7 Å². The van der Waals surface area contributed by atoms with Crippen molar-refractivity contribution in [1.29, 1.82) is 0 Å². The SMILES string of the molecule is [2H]C([2H])([2H])NC(=O)C12CCC(n3c(=O)n(C([2H])([2H])[2H])c4cnc(Nc5cc(C(C)(C)O)cc(-c6ncc(C(F)(F)F)s6)n5)cc43)(CC1)CC2. The zero-order valence-electron chi connectivity index (χ0n) is 29.2. The minimum absolute atomic E-state index is 0.0360. The molecule has 2 bridgehead atoms. The second kappa shape index (κ2) is 9.88. The van der Waals surface area contributed by atoms with Crippen LogP contribution in [0.4, 0.5) is 24.8 Å². The van der Waals surface area contributed by atoms with Crippen LogP contribution in [0.1, 0.15) is 71.0 Å². The number of halogens is 3. The van der Waals surface area contributed by atoms with E-state index in [1.54, 1.807) is 0 Å². The Bertz CT molecular complexity index is 1990. The Morgan fingerprint density at radius 2 is 1.77 bits per heavy atom. The lowest BCUT2D eigenvalue weighted by Gasteiger charge is -2.52. The topological polar surface area (TPSA) is 127 Å². The van der Waals surface area contributed by atoms with E-state index in [1.165, 1.54) is 42.8 Å². The minimum atomic E-state index is -4.60. The Hall–Kier alpha value is -3.78. The Morgan fingerprint density at radius 1 is 1.05 bits per heavy atom. The second-order valence-corrected chi connectivity index (χ2v) is 12.8. The average Bonchev–Trinajstić information content (AvgIpc) is 3.60. The number of aryl methyl sites for hydroxylation is 1. The van der Waals surface area contributed by atoms with Crippen molar-refractivity contribution in [3.8, 4) is 10.7 Å². The molecule has 3 saturated carbocycles. The largest absolute Gasteiger partial charge is 0.427 e. The highest BCUT2D eigenvalue weighted by molar-refractivity contribution is 7.15. The molecule has 4 heterocycles. The summed E-state index contributed by atoms with van der Waals surface area (Å²) in [5.74, 6) is -0.353. The molecule has 1 amide bonds. The van der Waals surface area contributed by atoms with Crippen LogP contribution < -0.4 is 16.3 Å². The highest BCUT2D eigenvalue weighted by atomic mass is 32.1. The number of carbonyl (C=O) groups is 1. The minimum Gasteiger partial charge on any atom is -0.386 e. The van der Waals surface area contributed by atoms with E-state index in [4.69, 9.17) is 8.22 Å². The van der Waals surface area contributed by atoms with Gasteiger partial charge in [0.1, 0.15) is 27.2 Å². The molecule has 0 saturated heterocycles. The number of rotatable bonds is 6. The summed E-state index contributed by atoms with van der Waals surface area (Å²) >= 11 is 0.393. The summed E-state index contributed by atoms with van der Waals surface area (Å²) in [6.07, 6.45) is -0.835. The number of alkyl halides is 3. The van der Waals surface area contributed by atoms with Crippen LogP contribution in [0.2, 0.25) is 0 Å². The summed E-state index contributed by atoms with van der Waals surface area (Å²) in [5, 5.41) is 15.8. The van der Waals surface area contributed by atoms with Gasteiger partial charge in [-0.25, -0.2) is 19.7 Å². The van der Waals surface area contributed by atoms with Gasteiger partial charge < -0.3 is 15.7 Å². The summed E-state index contributed by atoms with van der Waals surface area (Å²) < 4.78 is 88.8. The van der Waals surface area contributed by atoms with Gasteiger partial charge in [-0.1, -0.05) is 0 Å². The molecule has 4 aromatic heterocycles. The van der Waals surface area contributed by atoms with E-state index >= 15 is 0 Å². The fourth-order valence-corrected chi connectivity index (χ4v) is 7.05. The molecular formula is C29H32F3N7O3S. The molecule has 4 aromatic rings. The third-order valence-corrected chi connectivity index (χ3v) is 9.86. The highest BCUT2D eigenvalue weighted by Crippen LogP contribution is 2.56. The predicted octanol–water partition coefficient (Wildman–Crippen LogP) is 5.04. The van der Waals surface area contributed by atoms with E-state index in [0.29, 0.717) is 66.2 Å². The Morgan fingerprint density at radius 3 is 2.37 bits per heavy atom. The normalized spacial score (nSPS) is 24.9. The number of thiazole rings is 1. The van der Waals surface area contributed by atoms with Gasteiger partial charge in [-0.3, -0.25) is 13.9 Å². The van der Waals surface area contributed by atoms with E-state index in [-0.39, 0.29) is 33.4 Å². The molecule has 0 aromatic carbocycles. The van der Waals surface area contributed by atoms with Gasteiger partial charge in [-0.15, -0.1) is 11.3 Å². The molecule has 43 heavy (non-hydrogen) atoms. The van der Waals surface area contributed by atoms with Crippen LogP contribution >= 0.6 is 11.3 Å². The first-order valence-electron chi connectivity index (χ1n) is 16.5. The molecule has 0 radical (unpaired) electrons. The van der Waals surface area contributed by atoms with Crippen LogP contribution in [0, 0.1) is 5.41 Å². The maximum atomic E-state index is 14.0. The molecule has 10 nitrogen and oxygen atoms in total. The summed E-state index contributed by atoms with van der Waals surface area (Å²) in [6, 6.07) is 4.40.